The number of methoxy groups -OCH3 is 1. The number of ether oxygens (including phenoxy) is 1. The van der Waals surface area contributed by atoms with E-state index in [1.165, 1.54) is 0 Å². The molecule has 1 atom stereocenters. The van der Waals surface area contributed by atoms with Gasteiger partial charge in [-0.15, -0.1) is 35.3 Å². The van der Waals surface area contributed by atoms with Crippen LogP contribution in [0, 0.1) is 0 Å². The van der Waals surface area contributed by atoms with E-state index >= 15 is 0 Å². The number of anilines is 1. The van der Waals surface area contributed by atoms with Crippen LogP contribution < -0.4 is 20.7 Å². The van der Waals surface area contributed by atoms with Crippen LogP contribution in [0.4, 0.5) is 5.69 Å². The molecule has 9 heteroatoms. The van der Waals surface area contributed by atoms with E-state index in [1.54, 1.807) is 18.4 Å². The molecule has 1 aliphatic rings. The summed E-state index contributed by atoms with van der Waals surface area (Å²) in [4.78, 5) is 21.5. The number of benzene rings is 2. The maximum atomic E-state index is 12.1. The van der Waals surface area contributed by atoms with Gasteiger partial charge in [0, 0.05) is 42.1 Å². The number of halogens is 1. The van der Waals surface area contributed by atoms with Crippen molar-refractivity contribution in [3.8, 4) is 16.3 Å². The SMILES string of the molecule is CCNC(=NCc1csc(-c2ccc(OC)cc2)n1)NCC1CC(=O)Nc2ccccc21.I. The number of hydrogen-bond acceptors (Lipinski definition) is 5. The minimum atomic E-state index is 0. The Morgan fingerprint density at radius 3 is 2.76 bits per heavy atom. The van der Waals surface area contributed by atoms with Crippen LogP contribution >= 0.6 is 35.3 Å². The Hall–Kier alpha value is -2.66. The quantitative estimate of drug-likeness (QED) is 0.217. The van der Waals surface area contributed by atoms with Gasteiger partial charge in [-0.3, -0.25) is 4.79 Å². The second-order valence-corrected chi connectivity index (χ2v) is 8.34. The number of nitrogens with one attached hydrogen (secondary N) is 3. The van der Waals surface area contributed by atoms with Crippen molar-refractivity contribution in [2.45, 2.75) is 25.8 Å². The molecule has 1 aromatic heterocycles. The van der Waals surface area contributed by atoms with Gasteiger partial charge in [0.2, 0.25) is 5.91 Å². The molecular weight excluding hydrogens is 549 g/mol. The highest BCUT2D eigenvalue weighted by Gasteiger charge is 2.24. The number of guanidine groups is 1. The molecule has 174 valence electrons. The molecule has 2 aromatic carbocycles. The van der Waals surface area contributed by atoms with Gasteiger partial charge in [0.1, 0.15) is 10.8 Å². The molecule has 33 heavy (non-hydrogen) atoms. The maximum Gasteiger partial charge on any atom is 0.225 e. The predicted octanol–water partition coefficient (Wildman–Crippen LogP) is 4.62. The van der Waals surface area contributed by atoms with E-state index in [2.05, 4.69) is 22.0 Å². The second-order valence-electron chi connectivity index (χ2n) is 7.49. The van der Waals surface area contributed by atoms with Crippen molar-refractivity contribution < 1.29 is 9.53 Å². The fourth-order valence-corrected chi connectivity index (χ4v) is 4.47. The molecule has 1 unspecified atom stereocenters. The Labute approximate surface area is 215 Å². The first-order chi connectivity index (χ1) is 15.7. The van der Waals surface area contributed by atoms with Crippen LogP contribution in [0.5, 0.6) is 5.75 Å². The summed E-state index contributed by atoms with van der Waals surface area (Å²) in [5.74, 6) is 1.69. The summed E-state index contributed by atoms with van der Waals surface area (Å²) < 4.78 is 5.22. The van der Waals surface area contributed by atoms with Gasteiger partial charge < -0.3 is 20.7 Å². The largest absolute Gasteiger partial charge is 0.497 e. The Kier molecular flexibility index (Phi) is 9.07. The lowest BCUT2D eigenvalue weighted by Gasteiger charge is -2.26. The molecule has 0 saturated heterocycles. The van der Waals surface area contributed by atoms with E-state index in [-0.39, 0.29) is 35.8 Å². The normalized spacial score (nSPS) is 15.2. The number of rotatable bonds is 7. The Balaban J connectivity index is 0.00000306. The molecule has 0 fully saturated rings. The number of hydrogen-bond donors (Lipinski definition) is 3. The molecule has 1 aliphatic heterocycles. The van der Waals surface area contributed by atoms with E-state index in [4.69, 9.17) is 14.7 Å². The lowest BCUT2D eigenvalue weighted by molar-refractivity contribution is -0.116. The highest BCUT2D eigenvalue weighted by molar-refractivity contribution is 14.0. The van der Waals surface area contributed by atoms with Gasteiger partial charge >= 0.3 is 0 Å². The molecule has 3 N–H and O–H groups in total. The van der Waals surface area contributed by atoms with Crippen LogP contribution in [0.1, 0.15) is 30.5 Å². The smallest absolute Gasteiger partial charge is 0.225 e. The third kappa shape index (κ3) is 6.44. The van der Waals surface area contributed by atoms with Gasteiger partial charge in [-0.25, -0.2) is 9.98 Å². The number of amides is 1. The molecule has 0 radical (unpaired) electrons. The van der Waals surface area contributed by atoms with Crippen LogP contribution in [0.15, 0.2) is 58.9 Å². The molecule has 0 saturated carbocycles. The number of nitrogens with zero attached hydrogens (tertiary/aromatic N) is 2. The molecule has 7 nitrogen and oxygen atoms in total. The number of para-hydroxylation sites is 1. The van der Waals surface area contributed by atoms with E-state index in [1.807, 2.05) is 54.8 Å². The van der Waals surface area contributed by atoms with Crippen LogP contribution in [-0.2, 0) is 11.3 Å². The van der Waals surface area contributed by atoms with Crippen molar-refractivity contribution in [1.29, 1.82) is 0 Å². The van der Waals surface area contributed by atoms with Crippen LogP contribution in [0.25, 0.3) is 10.6 Å². The first-order valence-corrected chi connectivity index (χ1v) is 11.5. The lowest BCUT2D eigenvalue weighted by atomic mass is 9.90. The fourth-order valence-electron chi connectivity index (χ4n) is 3.65. The zero-order valence-electron chi connectivity index (χ0n) is 18.6. The average molecular weight is 577 g/mol. The number of carbonyl (C=O) groups is 1. The molecule has 4 rings (SSSR count). The van der Waals surface area contributed by atoms with Crippen LogP contribution in [0.3, 0.4) is 0 Å². The summed E-state index contributed by atoms with van der Waals surface area (Å²) in [6.45, 7) is 3.89. The maximum absolute atomic E-state index is 12.1. The van der Waals surface area contributed by atoms with Crippen LogP contribution in [-0.4, -0.2) is 37.1 Å². The van der Waals surface area contributed by atoms with E-state index in [9.17, 15) is 4.79 Å². The van der Waals surface area contributed by atoms with Crippen molar-refractivity contribution in [1.82, 2.24) is 15.6 Å². The molecule has 2 heterocycles. The number of aliphatic imine (C=N–C) groups is 1. The average Bonchev–Trinajstić information content (AvgIpc) is 3.29. The Bertz CT molecular complexity index is 1100. The summed E-state index contributed by atoms with van der Waals surface area (Å²) >= 11 is 1.60. The summed E-state index contributed by atoms with van der Waals surface area (Å²) in [5.41, 5.74) is 4.02. The molecule has 0 aliphatic carbocycles. The number of thiazole rings is 1. The van der Waals surface area contributed by atoms with E-state index in [0.717, 1.165) is 45.8 Å². The number of carbonyl (C=O) groups excluding carboxylic acids is 1. The third-order valence-corrected chi connectivity index (χ3v) is 6.19. The molecule has 0 spiro atoms. The van der Waals surface area contributed by atoms with Gasteiger partial charge in [0.25, 0.3) is 0 Å². The summed E-state index contributed by atoms with van der Waals surface area (Å²) in [7, 11) is 1.66. The monoisotopic (exact) mass is 577 g/mol. The van der Waals surface area contributed by atoms with Crippen molar-refractivity contribution >= 4 is 52.9 Å². The zero-order valence-corrected chi connectivity index (χ0v) is 21.8. The molecule has 1 amide bonds. The van der Waals surface area contributed by atoms with Crippen molar-refractivity contribution in [3.05, 3.63) is 65.2 Å². The fraction of sp³-hybridized carbons (Fsp3) is 0.292. The summed E-state index contributed by atoms with van der Waals surface area (Å²) in [6.07, 6.45) is 0.459. The Morgan fingerprint density at radius 2 is 2.00 bits per heavy atom. The van der Waals surface area contributed by atoms with Gasteiger partial charge in [0.15, 0.2) is 5.96 Å². The minimum absolute atomic E-state index is 0. The van der Waals surface area contributed by atoms with Gasteiger partial charge in [-0.2, -0.15) is 0 Å². The Morgan fingerprint density at radius 1 is 1.21 bits per heavy atom. The lowest BCUT2D eigenvalue weighted by Crippen LogP contribution is -2.40. The van der Waals surface area contributed by atoms with Gasteiger partial charge in [-0.05, 0) is 42.8 Å². The number of fused-ring (bicyclic) bond motifs is 1. The number of aromatic nitrogens is 1. The van der Waals surface area contributed by atoms with E-state index < -0.39 is 0 Å². The van der Waals surface area contributed by atoms with Crippen molar-refractivity contribution in [2.24, 2.45) is 4.99 Å². The molecule has 0 bridgehead atoms. The van der Waals surface area contributed by atoms with Gasteiger partial charge in [0.05, 0.1) is 19.3 Å². The molecular formula is C24H28IN5O2S. The first kappa shape index (κ1) is 25.0. The summed E-state index contributed by atoms with van der Waals surface area (Å²) in [6, 6.07) is 15.8. The van der Waals surface area contributed by atoms with Gasteiger partial charge in [-0.1, -0.05) is 18.2 Å². The highest BCUT2D eigenvalue weighted by atomic mass is 127. The van der Waals surface area contributed by atoms with Crippen molar-refractivity contribution in [2.75, 3.05) is 25.5 Å². The van der Waals surface area contributed by atoms with E-state index in [0.29, 0.717) is 19.5 Å². The molecule has 3 aromatic rings. The van der Waals surface area contributed by atoms with Crippen molar-refractivity contribution in [3.63, 3.8) is 0 Å². The summed E-state index contributed by atoms with van der Waals surface area (Å²) in [5, 5.41) is 12.6. The second kappa shape index (κ2) is 12.0. The zero-order chi connectivity index (χ0) is 22.3. The third-order valence-electron chi connectivity index (χ3n) is 5.25. The van der Waals surface area contributed by atoms with Crippen LogP contribution in [0.2, 0.25) is 0 Å². The topological polar surface area (TPSA) is 87.6 Å². The standard InChI is InChI=1S/C24H27N5O2S.HI/c1-3-25-24(26-13-17-12-22(30)29-21-7-5-4-6-20(17)21)27-14-18-15-32-23(28-18)16-8-10-19(31-2)11-9-16;/h4-11,15,17H,3,12-14H2,1-2H3,(H,29,30)(H2,25,26,27);1H. The first-order valence-electron chi connectivity index (χ1n) is 10.7. The predicted molar refractivity (Wildman–Crippen MR) is 145 cm³/mol. The highest BCUT2D eigenvalue weighted by Crippen LogP contribution is 2.31. The minimum Gasteiger partial charge on any atom is -0.497 e.